The molecule has 136 valence electrons. The Kier molecular flexibility index (Phi) is 6.22. The second-order valence-electron chi connectivity index (χ2n) is 5.73. The van der Waals surface area contributed by atoms with Crippen LogP contribution in [0.25, 0.3) is 0 Å². The minimum absolute atomic E-state index is 0.109. The Hall–Kier alpha value is -3.12. The van der Waals surface area contributed by atoms with Gasteiger partial charge >= 0.3 is 0 Å². The van der Waals surface area contributed by atoms with Crippen molar-refractivity contribution in [1.29, 1.82) is 0 Å². The fraction of sp³-hybridized carbons (Fsp3) is 0.0476. The molecular weight excluding hydrogens is 408 g/mol. The van der Waals surface area contributed by atoms with Crippen LogP contribution in [0.4, 0.5) is 0 Å². The summed E-state index contributed by atoms with van der Waals surface area (Å²) in [6.07, 6.45) is 1.55. The molecule has 6 heteroatoms. The molecule has 0 saturated carbocycles. The maximum Gasteiger partial charge on any atom is 0.271 e. The number of rotatable bonds is 6. The molecule has 0 heterocycles. The van der Waals surface area contributed by atoms with E-state index in [1.165, 1.54) is 24.3 Å². The minimum atomic E-state index is -0.347. The van der Waals surface area contributed by atoms with Crippen LogP contribution in [-0.4, -0.2) is 17.2 Å². The fourth-order valence-electron chi connectivity index (χ4n) is 2.24. The van der Waals surface area contributed by atoms with Gasteiger partial charge in [0.2, 0.25) is 0 Å². The lowest BCUT2D eigenvalue weighted by molar-refractivity contribution is 0.0955. The molecule has 3 rings (SSSR count). The number of amides is 1. The van der Waals surface area contributed by atoms with Gasteiger partial charge in [-0.15, -0.1) is 0 Å². The number of hydrogen-bond donors (Lipinski definition) is 2. The van der Waals surface area contributed by atoms with E-state index in [1.54, 1.807) is 6.21 Å². The molecule has 0 spiro atoms. The van der Waals surface area contributed by atoms with Crippen LogP contribution in [0.15, 0.2) is 82.4 Å². The second kappa shape index (κ2) is 9.00. The molecule has 27 heavy (non-hydrogen) atoms. The van der Waals surface area contributed by atoms with Gasteiger partial charge in [-0.2, -0.15) is 5.10 Å². The predicted molar refractivity (Wildman–Crippen MR) is 108 cm³/mol. The molecule has 0 saturated heterocycles. The first-order valence-corrected chi connectivity index (χ1v) is 8.99. The molecule has 0 aromatic heterocycles. The minimum Gasteiger partial charge on any atom is -0.508 e. The van der Waals surface area contributed by atoms with E-state index in [1.807, 2.05) is 48.5 Å². The van der Waals surface area contributed by atoms with Crippen LogP contribution in [0.5, 0.6) is 11.5 Å². The number of hydrogen-bond acceptors (Lipinski definition) is 4. The van der Waals surface area contributed by atoms with Crippen molar-refractivity contribution < 1.29 is 14.6 Å². The van der Waals surface area contributed by atoms with Gasteiger partial charge in [0.1, 0.15) is 18.1 Å². The largest absolute Gasteiger partial charge is 0.508 e. The third-order valence-corrected chi connectivity index (χ3v) is 4.24. The number of aromatic hydroxyl groups is 1. The summed E-state index contributed by atoms with van der Waals surface area (Å²) in [6.45, 7) is 0.489. The molecule has 2 N–H and O–H groups in total. The topological polar surface area (TPSA) is 70.9 Å². The summed E-state index contributed by atoms with van der Waals surface area (Å²) in [7, 11) is 0. The van der Waals surface area contributed by atoms with Crippen molar-refractivity contribution in [3.05, 3.63) is 94.0 Å². The highest BCUT2D eigenvalue weighted by atomic mass is 79.9. The van der Waals surface area contributed by atoms with E-state index >= 15 is 0 Å². The molecule has 0 bridgehead atoms. The zero-order chi connectivity index (χ0) is 19.1. The van der Waals surface area contributed by atoms with E-state index < -0.39 is 0 Å². The molecule has 0 aliphatic carbocycles. The van der Waals surface area contributed by atoms with E-state index in [-0.39, 0.29) is 11.7 Å². The van der Waals surface area contributed by atoms with Crippen molar-refractivity contribution >= 4 is 28.1 Å². The summed E-state index contributed by atoms with van der Waals surface area (Å²) in [5.74, 6) is 0.515. The van der Waals surface area contributed by atoms with Gasteiger partial charge in [-0.3, -0.25) is 4.79 Å². The van der Waals surface area contributed by atoms with E-state index in [0.29, 0.717) is 12.2 Å². The molecule has 0 aliphatic heterocycles. The lowest BCUT2D eigenvalue weighted by Crippen LogP contribution is -2.17. The molecule has 0 radical (unpaired) electrons. The Bertz CT molecular complexity index is 921. The van der Waals surface area contributed by atoms with Gasteiger partial charge in [0.15, 0.2) is 0 Å². The molecule has 1 amide bonds. The predicted octanol–water partition coefficient (Wildman–Crippen LogP) is 4.50. The maximum atomic E-state index is 11.9. The normalized spacial score (nSPS) is 10.7. The average molecular weight is 425 g/mol. The molecule has 3 aromatic rings. The Balaban J connectivity index is 1.50. The van der Waals surface area contributed by atoms with Gasteiger partial charge in [-0.25, -0.2) is 5.43 Å². The molecule has 5 nitrogen and oxygen atoms in total. The van der Waals surface area contributed by atoms with E-state index in [4.69, 9.17) is 4.74 Å². The number of ether oxygens (including phenoxy) is 1. The molecule has 0 fully saturated rings. The number of phenols is 1. The number of benzene rings is 3. The van der Waals surface area contributed by atoms with Gasteiger partial charge < -0.3 is 9.84 Å². The zero-order valence-electron chi connectivity index (χ0n) is 14.3. The lowest BCUT2D eigenvalue weighted by atomic mass is 10.2. The van der Waals surface area contributed by atoms with E-state index in [9.17, 15) is 9.90 Å². The first-order valence-electron chi connectivity index (χ1n) is 8.20. The standard InChI is InChI=1S/C21H17BrN2O3/c22-18-7-1-16(2-8-18)14-27-20-11-3-15(4-12-20)13-23-24-21(26)17-5-9-19(25)10-6-17/h1-13,25H,14H2,(H,24,26)/b23-13+. The van der Waals surface area contributed by atoms with Gasteiger partial charge in [-0.05, 0) is 71.8 Å². The van der Waals surface area contributed by atoms with Crippen molar-refractivity contribution in [2.75, 3.05) is 0 Å². The fourth-order valence-corrected chi connectivity index (χ4v) is 2.50. The van der Waals surface area contributed by atoms with Crippen molar-refractivity contribution in [1.82, 2.24) is 5.43 Å². The highest BCUT2D eigenvalue weighted by molar-refractivity contribution is 9.10. The monoisotopic (exact) mass is 424 g/mol. The second-order valence-corrected chi connectivity index (χ2v) is 6.65. The quantitative estimate of drug-likeness (QED) is 0.452. The lowest BCUT2D eigenvalue weighted by Gasteiger charge is -2.06. The summed E-state index contributed by atoms with van der Waals surface area (Å²) in [5.41, 5.74) is 4.78. The number of phenolic OH excluding ortho intramolecular Hbond substituents is 1. The highest BCUT2D eigenvalue weighted by Gasteiger charge is 2.03. The zero-order valence-corrected chi connectivity index (χ0v) is 15.9. The van der Waals surface area contributed by atoms with Crippen molar-refractivity contribution in [2.24, 2.45) is 5.10 Å². The Morgan fingerprint density at radius 3 is 2.33 bits per heavy atom. The van der Waals surface area contributed by atoms with Gasteiger partial charge in [0, 0.05) is 10.0 Å². The molecule has 3 aromatic carbocycles. The molecule has 0 atom stereocenters. The SMILES string of the molecule is O=C(N/N=C/c1ccc(OCc2ccc(Br)cc2)cc1)c1ccc(O)cc1. The average Bonchev–Trinajstić information content (AvgIpc) is 2.69. The van der Waals surface area contributed by atoms with Crippen LogP contribution in [0.3, 0.4) is 0 Å². The van der Waals surface area contributed by atoms with Gasteiger partial charge in [0.25, 0.3) is 5.91 Å². The number of nitrogens with one attached hydrogen (secondary N) is 1. The summed E-state index contributed by atoms with van der Waals surface area (Å²) < 4.78 is 6.78. The number of nitrogens with zero attached hydrogens (tertiary/aromatic N) is 1. The molecular formula is C21H17BrN2O3. The maximum absolute atomic E-state index is 11.9. The molecule has 0 aliphatic rings. The van der Waals surface area contributed by atoms with Crippen LogP contribution < -0.4 is 10.2 Å². The highest BCUT2D eigenvalue weighted by Crippen LogP contribution is 2.15. The number of hydrazone groups is 1. The number of carbonyl (C=O) groups excluding carboxylic acids is 1. The van der Waals surface area contributed by atoms with Crippen molar-refractivity contribution in [3.63, 3.8) is 0 Å². The summed E-state index contributed by atoms with van der Waals surface area (Å²) in [6, 6.07) is 21.3. The first kappa shape index (κ1) is 18.7. The smallest absolute Gasteiger partial charge is 0.271 e. The van der Waals surface area contributed by atoms with Gasteiger partial charge in [-0.1, -0.05) is 28.1 Å². The first-order chi connectivity index (χ1) is 13.1. The van der Waals surface area contributed by atoms with Crippen LogP contribution in [0, 0.1) is 0 Å². The summed E-state index contributed by atoms with van der Waals surface area (Å²) in [4.78, 5) is 11.9. The van der Waals surface area contributed by atoms with Crippen molar-refractivity contribution in [3.8, 4) is 11.5 Å². The third kappa shape index (κ3) is 5.69. The molecule has 0 unspecified atom stereocenters. The summed E-state index contributed by atoms with van der Waals surface area (Å²) in [5, 5.41) is 13.2. The number of carbonyl (C=O) groups is 1. The van der Waals surface area contributed by atoms with Crippen LogP contribution in [0.1, 0.15) is 21.5 Å². The Morgan fingerprint density at radius 1 is 1.00 bits per heavy atom. The van der Waals surface area contributed by atoms with E-state index in [0.717, 1.165) is 21.3 Å². The number of halogens is 1. The van der Waals surface area contributed by atoms with E-state index in [2.05, 4.69) is 26.5 Å². The Labute approximate surface area is 165 Å². The van der Waals surface area contributed by atoms with Gasteiger partial charge in [0.05, 0.1) is 6.21 Å². The van der Waals surface area contributed by atoms with Crippen LogP contribution >= 0.6 is 15.9 Å². The van der Waals surface area contributed by atoms with Crippen LogP contribution in [0.2, 0.25) is 0 Å². The summed E-state index contributed by atoms with van der Waals surface area (Å²) >= 11 is 3.41. The Morgan fingerprint density at radius 2 is 1.67 bits per heavy atom. The van der Waals surface area contributed by atoms with Crippen LogP contribution in [-0.2, 0) is 6.61 Å². The third-order valence-electron chi connectivity index (χ3n) is 3.71. The van der Waals surface area contributed by atoms with Crippen molar-refractivity contribution in [2.45, 2.75) is 6.61 Å².